The van der Waals surface area contributed by atoms with Gasteiger partial charge in [0.05, 0.1) is 7.11 Å². The molecule has 0 aliphatic carbocycles. The second-order valence-corrected chi connectivity index (χ2v) is 3.56. The summed E-state index contributed by atoms with van der Waals surface area (Å²) in [6.07, 6.45) is 2.10. The van der Waals surface area contributed by atoms with Crippen LogP contribution >= 0.6 is 0 Å². The van der Waals surface area contributed by atoms with Crippen molar-refractivity contribution in [3.8, 4) is 17.4 Å². The van der Waals surface area contributed by atoms with Crippen LogP contribution in [-0.2, 0) is 6.42 Å². The van der Waals surface area contributed by atoms with E-state index in [0.717, 1.165) is 13.1 Å². The summed E-state index contributed by atoms with van der Waals surface area (Å²) >= 11 is 0. The van der Waals surface area contributed by atoms with E-state index >= 15 is 0 Å². The molecule has 2 aromatic heterocycles. The van der Waals surface area contributed by atoms with Crippen LogP contribution in [-0.4, -0.2) is 40.3 Å². The fourth-order valence-electron chi connectivity index (χ4n) is 1.41. The van der Waals surface area contributed by atoms with Crippen LogP contribution in [0.2, 0.25) is 0 Å². The predicted octanol–water partition coefficient (Wildman–Crippen LogP) is 0.687. The van der Waals surface area contributed by atoms with E-state index in [2.05, 4.69) is 25.4 Å². The number of methoxy groups -OCH3 is 1. The number of nitrogens with zero attached hydrogens (tertiary/aromatic N) is 4. The molecule has 0 amide bonds. The molecule has 2 heterocycles. The zero-order valence-corrected chi connectivity index (χ0v) is 10.4. The van der Waals surface area contributed by atoms with Crippen molar-refractivity contribution in [1.82, 2.24) is 25.4 Å². The molecular formula is C11H15N5O2. The Hall–Kier alpha value is -2.02. The molecule has 18 heavy (non-hydrogen) atoms. The van der Waals surface area contributed by atoms with Crippen molar-refractivity contribution < 1.29 is 9.26 Å². The molecule has 0 radical (unpaired) electrons. The van der Waals surface area contributed by atoms with E-state index in [9.17, 15) is 0 Å². The van der Waals surface area contributed by atoms with Gasteiger partial charge in [-0.25, -0.2) is 9.97 Å². The topological polar surface area (TPSA) is 86.0 Å². The number of aromatic nitrogens is 4. The van der Waals surface area contributed by atoms with Crippen molar-refractivity contribution in [2.75, 3.05) is 20.2 Å². The summed E-state index contributed by atoms with van der Waals surface area (Å²) in [5.74, 6) is 1.50. The second kappa shape index (κ2) is 6.06. The lowest BCUT2D eigenvalue weighted by Crippen LogP contribution is -2.16. The Morgan fingerprint density at radius 1 is 1.39 bits per heavy atom. The normalized spacial score (nSPS) is 10.6. The number of rotatable bonds is 6. The van der Waals surface area contributed by atoms with E-state index in [4.69, 9.17) is 9.26 Å². The van der Waals surface area contributed by atoms with E-state index in [1.165, 1.54) is 6.33 Å². The van der Waals surface area contributed by atoms with Crippen LogP contribution in [0.1, 0.15) is 12.8 Å². The maximum atomic E-state index is 5.14. The first-order valence-corrected chi connectivity index (χ1v) is 5.73. The standard InChI is InChI=1S/C11H15N5O2/c1-3-12-5-4-9-15-11(16-18-9)8-6-10(17-2)14-7-13-8/h6-7,12H,3-5H2,1-2H3. The highest BCUT2D eigenvalue weighted by Gasteiger charge is 2.10. The maximum absolute atomic E-state index is 5.14. The number of hydrogen-bond donors (Lipinski definition) is 1. The Balaban J connectivity index is 2.08. The van der Waals surface area contributed by atoms with Gasteiger partial charge < -0.3 is 14.6 Å². The van der Waals surface area contributed by atoms with Crippen molar-refractivity contribution in [3.05, 3.63) is 18.3 Å². The zero-order chi connectivity index (χ0) is 12.8. The molecule has 0 unspecified atom stereocenters. The summed E-state index contributed by atoms with van der Waals surface area (Å²) in [5, 5.41) is 7.07. The largest absolute Gasteiger partial charge is 0.481 e. The highest BCUT2D eigenvalue weighted by atomic mass is 16.5. The average Bonchev–Trinajstić information content (AvgIpc) is 2.88. The Kier molecular flexibility index (Phi) is 4.19. The van der Waals surface area contributed by atoms with Gasteiger partial charge in [0.15, 0.2) is 0 Å². The van der Waals surface area contributed by atoms with Crippen LogP contribution in [0, 0.1) is 0 Å². The summed E-state index contributed by atoms with van der Waals surface area (Å²) in [7, 11) is 1.55. The third-order valence-electron chi connectivity index (χ3n) is 2.31. The van der Waals surface area contributed by atoms with Gasteiger partial charge in [-0.3, -0.25) is 0 Å². The highest BCUT2D eigenvalue weighted by molar-refractivity contribution is 5.49. The van der Waals surface area contributed by atoms with E-state index in [1.807, 2.05) is 6.92 Å². The van der Waals surface area contributed by atoms with E-state index in [-0.39, 0.29) is 0 Å². The molecule has 0 atom stereocenters. The van der Waals surface area contributed by atoms with Crippen LogP contribution in [0.25, 0.3) is 11.5 Å². The fraction of sp³-hybridized carbons (Fsp3) is 0.455. The van der Waals surface area contributed by atoms with Crippen LogP contribution in [0.4, 0.5) is 0 Å². The summed E-state index contributed by atoms with van der Waals surface area (Å²) in [4.78, 5) is 12.3. The van der Waals surface area contributed by atoms with Crippen LogP contribution in [0.5, 0.6) is 5.88 Å². The average molecular weight is 249 g/mol. The summed E-state index contributed by atoms with van der Waals surface area (Å²) in [5.41, 5.74) is 0.584. The van der Waals surface area contributed by atoms with Crippen molar-refractivity contribution >= 4 is 0 Å². The molecule has 0 aliphatic heterocycles. The molecule has 2 rings (SSSR count). The lowest BCUT2D eigenvalue weighted by atomic mass is 10.3. The van der Waals surface area contributed by atoms with Gasteiger partial charge in [0.2, 0.25) is 17.6 Å². The molecule has 7 heteroatoms. The number of ether oxygens (including phenoxy) is 1. The molecule has 0 aromatic carbocycles. The van der Waals surface area contributed by atoms with Crippen LogP contribution < -0.4 is 10.1 Å². The number of likely N-dealkylation sites (N-methyl/N-ethyl adjacent to an activating group) is 1. The molecule has 0 aliphatic rings. The van der Waals surface area contributed by atoms with Gasteiger partial charge in [0.1, 0.15) is 12.0 Å². The Morgan fingerprint density at radius 2 is 2.28 bits per heavy atom. The van der Waals surface area contributed by atoms with Crippen LogP contribution in [0.15, 0.2) is 16.9 Å². The maximum Gasteiger partial charge on any atom is 0.228 e. The third-order valence-corrected chi connectivity index (χ3v) is 2.31. The third kappa shape index (κ3) is 3.01. The molecular weight excluding hydrogens is 234 g/mol. The summed E-state index contributed by atoms with van der Waals surface area (Å²) in [6.45, 7) is 3.78. The van der Waals surface area contributed by atoms with E-state index in [1.54, 1.807) is 13.2 Å². The molecule has 2 aromatic rings. The van der Waals surface area contributed by atoms with Gasteiger partial charge in [-0.05, 0) is 6.54 Å². The molecule has 7 nitrogen and oxygen atoms in total. The van der Waals surface area contributed by atoms with Gasteiger partial charge >= 0.3 is 0 Å². The first-order valence-electron chi connectivity index (χ1n) is 5.73. The zero-order valence-electron chi connectivity index (χ0n) is 10.4. The first-order chi connectivity index (χ1) is 8.83. The number of nitrogens with one attached hydrogen (secondary N) is 1. The van der Waals surface area contributed by atoms with Gasteiger partial charge in [0.25, 0.3) is 0 Å². The number of hydrogen-bond acceptors (Lipinski definition) is 7. The minimum atomic E-state index is 0.446. The predicted molar refractivity (Wildman–Crippen MR) is 64.1 cm³/mol. The lowest BCUT2D eigenvalue weighted by molar-refractivity contribution is 0.376. The van der Waals surface area contributed by atoms with Crippen molar-refractivity contribution in [2.24, 2.45) is 0 Å². The summed E-state index contributed by atoms with van der Waals surface area (Å²) < 4.78 is 10.2. The van der Waals surface area contributed by atoms with Crippen LogP contribution in [0.3, 0.4) is 0 Å². The quantitative estimate of drug-likeness (QED) is 0.753. The van der Waals surface area contributed by atoms with E-state index < -0.39 is 0 Å². The van der Waals surface area contributed by atoms with Crippen molar-refractivity contribution in [3.63, 3.8) is 0 Å². The molecule has 0 spiro atoms. The lowest BCUT2D eigenvalue weighted by Gasteiger charge is -1.97. The SMILES string of the molecule is CCNCCc1nc(-c2cc(OC)ncn2)no1. The Labute approximate surface area is 105 Å². The first kappa shape index (κ1) is 12.4. The Morgan fingerprint density at radius 3 is 3.06 bits per heavy atom. The molecule has 0 fully saturated rings. The molecule has 1 N–H and O–H groups in total. The second-order valence-electron chi connectivity index (χ2n) is 3.56. The minimum Gasteiger partial charge on any atom is -0.481 e. The monoisotopic (exact) mass is 249 g/mol. The fourth-order valence-corrected chi connectivity index (χ4v) is 1.41. The molecule has 0 saturated carbocycles. The van der Waals surface area contributed by atoms with Gasteiger partial charge in [-0.15, -0.1) is 0 Å². The van der Waals surface area contributed by atoms with E-state index in [0.29, 0.717) is 29.7 Å². The van der Waals surface area contributed by atoms with Crippen molar-refractivity contribution in [1.29, 1.82) is 0 Å². The molecule has 0 bridgehead atoms. The Bertz CT molecular complexity index is 500. The smallest absolute Gasteiger partial charge is 0.228 e. The van der Waals surface area contributed by atoms with Gasteiger partial charge in [-0.2, -0.15) is 4.98 Å². The van der Waals surface area contributed by atoms with Gasteiger partial charge in [-0.1, -0.05) is 12.1 Å². The minimum absolute atomic E-state index is 0.446. The van der Waals surface area contributed by atoms with Gasteiger partial charge in [0, 0.05) is 19.0 Å². The molecule has 0 saturated heterocycles. The highest BCUT2D eigenvalue weighted by Crippen LogP contribution is 2.16. The van der Waals surface area contributed by atoms with Crippen molar-refractivity contribution in [2.45, 2.75) is 13.3 Å². The molecule has 96 valence electrons. The summed E-state index contributed by atoms with van der Waals surface area (Å²) in [6, 6.07) is 1.67.